The van der Waals surface area contributed by atoms with Gasteiger partial charge in [0.15, 0.2) is 5.79 Å². The summed E-state index contributed by atoms with van der Waals surface area (Å²) in [7, 11) is 4.30. The molecule has 1 fully saturated rings. The number of hydrogen-bond acceptors (Lipinski definition) is 3. The van der Waals surface area contributed by atoms with Crippen LogP contribution >= 0.6 is 0 Å². The fourth-order valence-electron chi connectivity index (χ4n) is 5.62. The van der Waals surface area contributed by atoms with Gasteiger partial charge in [0.05, 0.1) is 12.7 Å². The van der Waals surface area contributed by atoms with Crippen molar-refractivity contribution in [1.29, 1.82) is 0 Å². The zero-order valence-corrected chi connectivity index (χ0v) is 27.0. The molecule has 230 valence electrons. The highest BCUT2D eigenvalue weighted by Gasteiger charge is 2.40. The molecule has 0 radical (unpaired) electrons. The third-order valence-corrected chi connectivity index (χ3v) is 8.23. The maximum Gasteiger partial charge on any atom is 0.168 e. The molecule has 0 N–H and O–H groups in total. The Bertz CT molecular complexity index is 572. The van der Waals surface area contributed by atoms with E-state index in [4.69, 9.17) is 9.47 Å². The molecule has 3 heteroatoms. The van der Waals surface area contributed by atoms with E-state index >= 15 is 0 Å². The first-order valence-corrected chi connectivity index (χ1v) is 17.4. The van der Waals surface area contributed by atoms with Gasteiger partial charge >= 0.3 is 0 Å². The lowest BCUT2D eigenvalue weighted by Crippen LogP contribution is -2.31. The number of allylic oxidation sites excluding steroid dienone is 4. The van der Waals surface area contributed by atoms with Crippen LogP contribution in [0, 0.1) is 0 Å². The van der Waals surface area contributed by atoms with Crippen molar-refractivity contribution in [1.82, 2.24) is 4.90 Å². The largest absolute Gasteiger partial charge is 0.347 e. The molecule has 0 aliphatic carbocycles. The molecule has 0 aromatic carbocycles. The first-order chi connectivity index (χ1) is 19.1. The molecule has 39 heavy (non-hydrogen) atoms. The van der Waals surface area contributed by atoms with Crippen molar-refractivity contribution in [3.8, 4) is 0 Å². The first-order valence-electron chi connectivity index (χ1n) is 17.4. The van der Waals surface area contributed by atoms with E-state index in [9.17, 15) is 0 Å². The molecule has 2 atom stereocenters. The summed E-state index contributed by atoms with van der Waals surface area (Å²) >= 11 is 0. The Morgan fingerprint density at radius 1 is 0.615 bits per heavy atom. The van der Waals surface area contributed by atoms with Crippen molar-refractivity contribution in [2.45, 2.75) is 180 Å². The maximum atomic E-state index is 6.64. The Balaban J connectivity index is 2.18. The van der Waals surface area contributed by atoms with Crippen LogP contribution in [0.5, 0.6) is 0 Å². The van der Waals surface area contributed by atoms with Crippen LogP contribution in [0.1, 0.15) is 168 Å². The average molecular weight is 548 g/mol. The molecule has 1 rings (SSSR count). The van der Waals surface area contributed by atoms with Crippen molar-refractivity contribution in [3.63, 3.8) is 0 Å². The second-order valence-corrected chi connectivity index (χ2v) is 12.5. The Labute approximate surface area is 245 Å². The third-order valence-electron chi connectivity index (χ3n) is 8.23. The van der Waals surface area contributed by atoms with Gasteiger partial charge in [-0.05, 0) is 59.0 Å². The highest BCUT2D eigenvalue weighted by atomic mass is 16.7. The number of rotatable bonds is 28. The van der Waals surface area contributed by atoms with Gasteiger partial charge in [0.2, 0.25) is 0 Å². The maximum absolute atomic E-state index is 6.64. The van der Waals surface area contributed by atoms with E-state index in [1.54, 1.807) is 0 Å². The summed E-state index contributed by atoms with van der Waals surface area (Å²) in [6, 6.07) is 0. The molecule has 0 bridgehead atoms. The van der Waals surface area contributed by atoms with Gasteiger partial charge in [-0.1, -0.05) is 134 Å². The minimum Gasteiger partial charge on any atom is -0.347 e. The second-order valence-electron chi connectivity index (χ2n) is 12.5. The smallest absolute Gasteiger partial charge is 0.168 e. The molecule has 1 aliphatic rings. The van der Waals surface area contributed by atoms with Gasteiger partial charge in [-0.3, -0.25) is 0 Å². The molecule has 1 heterocycles. The van der Waals surface area contributed by atoms with Crippen LogP contribution in [0.2, 0.25) is 0 Å². The van der Waals surface area contributed by atoms with Crippen molar-refractivity contribution in [3.05, 3.63) is 24.3 Å². The van der Waals surface area contributed by atoms with Crippen LogP contribution < -0.4 is 0 Å². The van der Waals surface area contributed by atoms with Gasteiger partial charge in [-0.25, -0.2) is 0 Å². The van der Waals surface area contributed by atoms with E-state index < -0.39 is 0 Å². The molecule has 1 aliphatic heterocycles. The topological polar surface area (TPSA) is 21.7 Å². The van der Waals surface area contributed by atoms with Crippen LogP contribution in [-0.2, 0) is 9.47 Å². The summed E-state index contributed by atoms with van der Waals surface area (Å²) in [6.07, 6.45) is 40.8. The Kier molecular flexibility index (Phi) is 24.5. The second kappa shape index (κ2) is 26.3. The lowest BCUT2D eigenvalue weighted by atomic mass is 9.98. The predicted octanol–water partition coefficient (Wildman–Crippen LogP) is 11.2. The minimum absolute atomic E-state index is 0.274. The molecule has 0 saturated carbocycles. The number of hydrogen-bond donors (Lipinski definition) is 0. The monoisotopic (exact) mass is 548 g/mol. The summed E-state index contributed by atoms with van der Waals surface area (Å²) in [5, 5.41) is 0. The Hall–Kier alpha value is -0.640. The molecule has 0 spiro atoms. The molecule has 3 nitrogen and oxygen atoms in total. The van der Waals surface area contributed by atoms with Crippen LogP contribution in [0.4, 0.5) is 0 Å². The van der Waals surface area contributed by atoms with Gasteiger partial charge in [0.1, 0.15) is 0 Å². The van der Waals surface area contributed by atoms with Crippen molar-refractivity contribution in [2.75, 3.05) is 27.2 Å². The summed E-state index contributed by atoms with van der Waals surface area (Å²) in [4.78, 5) is 2.26. The van der Waals surface area contributed by atoms with E-state index in [1.807, 2.05) is 0 Å². The summed E-state index contributed by atoms with van der Waals surface area (Å²) in [6.45, 7) is 6.41. The summed E-state index contributed by atoms with van der Waals surface area (Å²) in [5.74, 6) is -0.299. The minimum atomic E-state index is -0.299. The van der Waals surface area contributed by atoms with E-state index in [0.717, 1.165) is 38.8 Å². The molecule has 0 amide bonds. The Morgan fingerprint density at radius 2 is 1.10 bits per heavy atom. The normalized spacial score (nSPS) is 19.9. The molecule has 0 aromatic rings. The SMILES string of the molecule is CCCC/C=C/C/C=C\CCCCCCCCC1(CCCCCCCCCCCC)OCC(CCN(C)C)O1. The van der Waals surface area contributed by atoms with Gasteiger partial charge in [0.25, 0.3) is 0 Å². The molecular formula is C36H69NO2. The van der Waals surface area contributed by atoms with Crippen LogP contribution in [0.25, 0.3) is 0 Å². The van der Waals surface area contributed by atoms with E-state index in [0.29, 0.717) is 0 Å². The number of nitrogens with zero attached hydrogens (tertiary/aromatic N) is 1. The average Bonchev–Trinajstić information content (AvgIpc) is 3.34. The van der Waals surface area contributed by atoms with E-state index in [2.05, 4.69) is 57.1 Å². The quantitative estimate of drug-likeness (QED) is 0.0718. The first kappa shape index (κ1) is 36.4. The number of unbranched alkanes of at least 4 members (excludes halogenated alkanes) is 17. The lowest BCUT2D eigenvalue weighted by Gasteiger charge is -2.29. The molecule has 2 unspecified atom stereocenters. The zero-order valence-electron chi connectivity index (χ0n) is 27.0. The zero-order chi connectivity index (χ0) is 28.3. The summed E-state index contributed by atoms with van der Waals surface area (Å²) in [5.41, 5.74) is 0. The van der Waals surface area contributed by atoms with Crippen molar-refractivity contribution in [2.24, 2.45) is 0 Å². The fraction of sp³-hybridized carbons (Fsp3) is 0.889. The van der Waals surface area contributed by atoms with Crippen LogP contribution in [0.3, 0.4) is 0 Å². The van der Waals surface area contributed by atoms with Crippen LogP contribution in [0.15, 0.2) is 24.3 Å². The highest BCUT2D eigenvalue weighted by Crippen LogP contribution is 2.35. The standard InChI is InChI=1S/C36H69NO2/c1-5-7-9-11-13-15-17-18-19-20-21-23-25-27-29-32-36(38-34-35(39-36)30-33-37(3)4)31-28-26-24-22-16-14-12-10-8-6-2/h11,13,17-18,35H,5-10,12,14-16,19-34H2,1-4H3/b13-11+,18-17-. The number of ether oxygens (including phenoxy) is 2. The lowest BCUT2D eigenvalue weighted by molar-refractivity contribution is -0.180. The molecule has 1 saturated heterocycles. The summed E-state index contributed by atoms with van der Waals surface area (Å²) < 4.78 is 13.1. The van der Waals surface area contributed by atoms with Gasteiger partial charge < -0.3 is 14.4 Å². The van der Waals surface area contributed by atoms with E-state index in [1.165, 1.54) is 128 Å². The molecular weight excluding hydrogens is 478 g/mol. The highest BCUT2D eigenvalue weighted by molar-refractivity contribution is 4.92. The van der Waals surface area contributed by atoms with Gasteiger partial charge in [-0.2, -0.15) is 0 Å². The fourth-order valence-corrected chi connectivity index (χ4v) is 5.62. The van der Waals surface area contributed by atoms with E-state index in [-0.39, 0.29) is 11.9 Å². The third kappa shape index (κ3) is 21.7. The van der Waals surface area contributed by atoms with Crippen molar-refractivity contribution < 1.29 is 9.47 Å². The van der Waals surface area contributed by atoms with Gasteiger partial charge in [0, 0.05) is 19.4 Å². The van der Waals surface area contributed by atoms with Gasteiger partial charge in [-0.15, -0.1) is 0 Å². The Morgan fingerprint density at radius 3 is 1.64 bits per heavy atom. The predicted molar refractivity (Wildman–Crippen MR) is 173 cm³/mol. The van der Waals surface area contributed by atoms with Crippen molar-refractivity contribution >= 4 is 0 Å². The van der Waals surface area contributed by atoms with Crippen LogP contribution in [-0.4, -0.2) is 44.0 Å². The molecule has 0 aromatic heterocycles.